The third-order valence-corrected chi connectivity index (χ3v) is 3.34. The van der Waals surface area contributed by atoms with Crippen molar-refractivity contribution < 1.29 is 23.0 Å². The molecular weight excluding hydrogens is 247 g/mol. The Morgan fingerprint density at radius 1 is 1.28 bits per heavy atom. The Hall–Kier alpha value is -1.27. The summed E-state index contributed by atoms with van der Waals surface area (Å²) in [4.78, 5) is 0. The standard InChI is InChI=1S/C12H14F3NO2/c13-12(14,15)18-10-3-1-8(2-4-10)11(7-16)5-9(17)6-11/h1-4,9,17H,5-7,16H2. The van der Waals surface area contributed by atoms with Gasteiger partial charge in [-0.3, -0.25) is 0 Å². The van der Waals surface area contributed by atoms with Crippen LogP contribution in [0.5, 0.6) is 5.75 Å². The lowest BCUT2D eigenvalue weighted by Crippen LogP contribution is -2.49. The number of nitrogens with two attached hydrogens (primary N) is 1. The van der Waals surface area contributed by atoms with Crippen LogP contribution in [0.3, 0.4) is 0 Å². The zero-order valence-electron chi connectivity index (χ0n) is 9.57. The van der Waals surface area contributed by atoms with Crippen LogP contribution in [-0.4, -0.2) is 24.1 Å². The number of benzene rings is 1. The molecule has 1 aliphatic carbocycles. The molecule has 1 fully saturated rings. The van der Waals surface area contributed by atoms with Crippen molar-refractivity contribution in [1.82, 2.24) is 0 Å². The number of rotatable bonds is 3. The fourth-order valence-corrected chi connectivity index (χ4v) is 2.37. The second kappa shape index (κ2) is 4.44. The maximum Gasteiger partial charge on any atom is 0.573 e. The van der Waals surface area contributed by atoms with Gasteiger partial charge < -0.3 is 15.6 Å². The molecule has 0 aliphatic heterocycles. The highest BCUT2D eigenvalue weighted by atomic mass is 19.4. The van der Waals surface area contributed by atoms with E-state index in [1.807, 2.05) is 0 Å². The summed E-state index contributed by atoms with van der Waals surface area (Å²) >= 11 is 0. The summed E-state index contributed by atoms with van der Waals surface area (Å²) in [5.41, 5.74) is 6.21. The number of aliphatic hydroxyl groups excluding tert-OH is 1. The minimum Gasteiger partial charge on any atom is -0.406 e. The Bertz CT molecular complexity index is 410. The first kappa shape index (κ1) is 13.2. The van der Waals surface area contributed by atoms with Crippen LogP contribution < -0.4 is 10.5 Å². The Morgan fingerprint density at radius 2 is 1.83 bits per heavy atom. The second-order valence-electron chi connectivity index (χ2n) is 4.62. The number of alkyl halides is 3. The van der Waals surface area contributed by atoms with Gasteiger partial charge in [0.25, 0.3) is 0 Å². The monoisotopic (exact) mass is 261 g/mol. The van der Waals surface area contributed by atoms with Gasteiger partial charge in [0.1, 0.15) is 5.75 Å². The van der Waals surface area contributed by atoms with Crippen molar-refractivity contribution in [2.45, 2.75) is 30.7 Å². The van der Waals surface area contributed by atoms with Gasteiger partial charge in [-0.05, 0) is 30.5 Å². The zero-order chi connectivity index (χ0) is 13.4. The van der Waals surface area contributed by atoms with E-state index in [1.165, 1.54) is 12.1 Å². The summed E-state index contributed by atoms with van der Waals surface area (Å²) in [6, 6.07) is 5.68. The molecule has 0 spiro atoms. The molecule has 3 nitrogen and oxygen atoms in total. The zero-order valence-corrected chi connectivity index (χ0v) is 9.57. The van der Waals surface area contributed by atoms with Gasteiger partial charge in [0, 0.05) is 12.0 Å². The first-order valence-corrected chi connectivity index (χ1v) is 5.59. The molecule has 0 amide bonds. The van der Waals surface area contributed by atoms with Crippen LogP contribution in [0.2, 0.25) is 0 Å². The van der Waals surface area contributed by atoms with Gasteiger partial charge in [-0.25, -0.2) is 0 Å². The maximum absolute atomic E-state index is 12.0. The van der Waals surface area contributed by atoms with Crippen molar-refractivity contribution in [3.8, 4) is 5.75 Å². The van der Waals surface area contributed by atoms with Gasteiger partial charge in [-0.15, -0.1) is 13.2 Å². The van der Waals surface area contributed by atoms with Crippen LogP contribution in [0.25, 0.3) is 0 Å². The highest BCUT2D eigenvalue weighted by Crippen LogP contribution is 2.43. The lowest BCUT2D eigenvalue weighted by Gasteiger charge is -2.45. The second-order valence-corrected chi connectivity index (χ2v) is 4.62. The van der Waals surface area contributed by atoms with Crippen molar-refractivity contribution in [3.05, 3.63) is 29.8 Å². The minimum absolute atomic E-state index is 0.252. The molecule has 0 bridgehead atoms. The summed E-state index contributed by atoms with van der Waals surface area (Å²) in [5, 5.41) is 9.35. The molecule has 2 rings (SSSR count). The Balaban J connectivity index is 2.12. The number of hydrogen-bond donors (Lipinski definition) is 2. The molecule has 1 saturated carbocycles. The molecule has 0 atom stereocenters. The van der Waals surface area contributed by atoms with Gasteiger partial charge in [-0.1, -0.05) is 12.1 Å². The van der Waals surface area contributed by atoms with E-state index >= 15 is 0 Å². The van der Waals surface area contributed by atoms with Gasteiger partial charge in [-0.2, -0.15) is 0 Å². The molecule has 0 saturated heterocycles. The van der Waals surface area contributed by atoms with Crippen molar-refractivity contribution in [3.63, 3.8) is 0 Å². The molecule has 1 aromatic rings. The van der Waals surface area contributed by atoms with Crippen LogP contribution >= 0.6 is 0 Å². The number of halogens is 3. The Morgan fingerprint density at radius 3 is 2.22 bits per heavy atom. The van der Waals surface area contributed by atoms with Crippen LogP contribution in [-0.2, 0) is 5.41 Å². The van der Waals surface area contributed by atoms with E-state index < -0.39 is 6.36 Å². The molecule has 1 aliphatic rings. The van der Waals surface area contributed by atoms with E-state index in [-0.39, 0.29) is 17.3 Å². The van der Waals surface area contributed by atoms with E-state index in [1.54, 1.807) is 12.1 Å². The normalized spacial score (nSPS) is 27.7. The molecule has 0 radical (unpaired) electrons. The quantitative estimate of drug-likeness (QED) is 0.874. The molecular formula is C12H14F3NO2. The van der Waals surface area contributed by atoms with Gasteiger partial charge in [0.15, 0.2) is 0 Å². The van der Waals surface area contributed by atoms with Crippen molar-refractivity contribution in [2.75, 3.05) is 6.54 Å². The first-order chi connectivity index (χ1) is 8.35. The molecule has 0 unspecified atom stereocenters. The van der Waals surface area contributed by atoms with Gasteiger partial charge >= 0.3 is 6.36 Å². The lowest BCUT2D eigenvalue weighted by atomic mass is 9.63. The summed E-state index contributed by atoms with van der Waals surface area (Å²) in [6.45, 7) is 0.365. The van der Waals surface area contributed by atoms with Crippen LogP contribution in [0, 0.1) is 0 Å². The number of ether oxygens (including phenoxy) is 1. The largest absolute Gasteiger partial charge is 0.573 e. The van der Waals surface area contributed by atoms with Crippen molar-refractivity contribution in [2.24, 2.45) is 5.73 Å². The highest BCUT2D eigenvalue weighted by Gasteiger charge is 2.43. The third-order valence-electron chi connectivity index (χ3n) is 3.34. The smallest absolute Gasteiger partial charge is 0.406 e. The first-order valence-electron chi connectivity index (χ1n) is 5.59. The van der Waals surface area contributed by atoms with E-state index in [9.17, 15) is 18.3 Å². The number of aliphatic hydroxyl groups is 1. The summed E-state index contributed by atoms with van der Waals surface area (Å²) in [7, 11) is 0. The molecule has 6 heteroatoms. The van der Waals surface area contributed by atoms with E-state index in [0.717, 1.165) is 5.56 Å². The predicted octanol–water partition coefficient (Wildman–Crippen LogP) is 1.94. The molecule has 18 heavy (non-hydrogen) atoms. The average Bonchev–Trinajstić information content (AvgIpc) is 2.23. The fourth-order valence-electron chi connectivity index (χ4n) is 2.37. The van der Waals surface area contributed by atoms with Crippen LogP contribution in [0.1, 0.15) is 18.4 Å². The fraction of sp³-hybridized carbons (Fsp3) is 0.500. The SMILES string of the molecule is NCC1(c2ccc(OC(F)(F)F)cc2)CC(O)C1. The molecule has 1 aromatic carbocycles. The van der Waals surface area contributed by atoms with Gasteiger partial charge in [0.2, 0.25) is 0 Å². The third kappa shape index (κ3) is 2.59. The lowest BCUT2D eigenvalue weighted by molar-refractivity contribution is -0.274. The highest BCUT2D eigenvalue weighted by molar-refractivity contribution is 5.35. The van der Waals surface area contributed by atoms with Crippen molar-refractivity contribution >= 4 is 0 Å². The Kier molecular flexibility index (Phi) is 3.25. The predicted molar refractivity (Wildman–Crippen MR) is 59.1 cm³/mol. The van der Waals surface area contributed by atoms with Crippen molar-refractivity contribution in [1.29, 1.82) is 0 Å². The molecule has 0 heterocycles. The van der Waals surface area contributed by atoms with Gasteiger partial charge in [0.05, 0.1) is 6.10 Å². The van der Waals surface area contributed by atoms with E-state index in [0.29, 0.717) is 19.4 Å². The van der Waals surface area contributed by atoms with Crippen LogP contribution in [0.15, 0.2) is 24.3 Å². The number of hydrogen-bond acceptors (Lipinski definition) is 3. The molecule has 100 valence electrons. The minimum atomic E-state index is -4.68. The van der Waals surface area contributed by atoms with Crippen LogP contribution in [0.4, 0.5) is 13.2 Å². The Labute approximate surface area is 102 Å². The van der Waals surface area contributed by atoms with E-state index in [2.05, 4.69) is 4.74 Å². The topological polar surface area (TPSA) is 55.5 Å². The van der Waals surface area contributed by atoms with E-state index in [4.69, 9.17) is 5.73 Å². The maximum atomic E-state index is 12.0. The summed E-state index contributed by atoms with van der Waals surface area (Å²) in [6.07, 6.45) is -3.97. The summed E-state index contributed by atoms with van der Waals surface area (Å²) < 4.78 is 39.8. The molecule has 3 N–H and O–H groups in total. The molecule has 0 aromatic heterocycles. The summed E-state index contributed by atoms with van der Waals surface area (Å²) in [5.74, 6) is -0.252. The average molecular weight is 261 g/mol.